The molecule has 0 aromatic heterocycles. The lowest BCUT2D eigenvalue weighted by Gasteiger charge is -2.14. The van der Waals surface area contributed by atoms with E-state index in [1.165, 1.54) is 12.1 Å². The van der Waals surface area contributed by atoms with Gasteiger partial charge in [-0.05, 0) is 59.5 Å². The Hall–Kier alpha value is -0.240. The van der Waals surface area contributed by atoms with Gasteiger partial charge in [0.05, 0.1) is 4.90 Å². The number of hydrogen-bond donors (Lipinski definition) is 2. The number of nitrogens with one attached hydrogen (secondary N) is 1. The number of hydrogen-bond acceptors (Lipinski definition) is 4. The smallest absolute Gasteiger partial charge is 0.240 e. The van der Waals surface area contributed by atoms with Crippen molar-refractivity contribution in [2.45, 2.75) is 24.3 Å². The zero-order valence-electron chi connectivity index (χ0n) is 10.3. The van der Waals surface area contributed by atoms with Crippen LogP contribution < -0.4 is 10.5 Å². The molecule has 0 bridgehead atoms. The second kappa shape index (κ2) is 6.79. The highest BCUT2D eigenvalue weighted by atomic mass is 79.9. The van der Waals surface area contributed by atoms with Crippen molar-refractivity contribution < 1.29 is 8.42 Å². The monoisotopic (exact) mass is 352 g/mol. The van der Waals surface area contributed by atoms with Crippen molar-refractivity contribution in [1.82, 2.24) is 4.72 Å². The van der Waals surface area contributed by atoms with Crippen LogP contribution in [0.4, 0.5) is 5.69 Å². The van der Waals surface area contributed by atoms with Crippen LogP contribution in [0.2, 0.25) is 0 Å². The Kier molecular flexibility index (Phi) is 5.97. The van der Waals surface area contributed by atoms with Gasteiger partial charge in [-0.2, -0.15) is 11.8 Å². The molecule has 0 aliphatic carbocycles. The predicted octanol–water partition coefficient (Wildman–Crippen LogP) is 2.45. The Morgan fingerprint density at radius 2 is 2.17 bits per heavy atom. The van der Waals surface area contributed by atoms with Crippen LogP contribution in [-0.2, 0) is 10.0 Å². The third-order valence-electron chi connectivity index (χ3n) is 2.39. The summed E-state index contributed by atoms with van der Waals surface area (Å²) in [6.45, 7) is 1.86. The maximum atomic E-state index is 12.1. The molecule has 1 rings (SSSR count). The van der Waals surface area contributed by atoms with Crippen molar-refractivity contribution in [3.63, 3.8) is 0 Å². The van der Waals surface area contributed by atoms with Crippen LogP contribution in [0.1, 0.15) is 13.3 Å². The maximum absolute atomic E-state index is 12.1. The molecule has 102 valence electrons. The summed E-state index contributed by atoms with van der Waals surface area (Å²) in [6, 6.07) is 4.53. The molecule has 4 nitrogen and oxygen atoms in total. The number of anilines is 1. The average Bonchev–Trinajstić information content (AvgIpc) is 2.29. The van der Waals surface area contributed by atoms with E-state index in [2.05, 4.69) is 20.7 Å². The van der Waals surface area contributed by atoms with E-state index < -0.39 is 10.0 Å². The first-order chi connectivity index (χ1) is 8.36. The van der Waals surface area contributed by atoms with Crippen molar-refractivity contribution in [3.8, 4) is 0 Å². The van der Waals surface area contributed by atoms with E-state index in [1.54, 1.807) is 17.8 Å². The molecule has 1 atom stereocenters. The summed E-state index contributed by atoms with van der Waals surface area (Å²) < 4.78 is 27.5. The second-order valence-electron chi connectivity index (χ2n) is 3.99. The first kappa shape index (κ1) is 15.8. The van der Waals surface area contributed by atoms with E-state index in [1.807, 2.05) is 13.2 Å². The molecule has 1 aromatic rings. The first-order valence-electron chi connectivity index (χ1n) is 5.43. The van der Waals surface area contributed by atoms with E-state index >= 15 is 0 Å². The Bertz CT molecular complexity index is 506. The van der Waals surface area contributed by atoms with Crippen LogP contribution in [0.15, 0.2) is 27.6 Å². The van der Waals surface area contributed by atoms with Gasteiger partial charge in [-0.25, -0.2) is 13.1 Å². The van der Waals surface area contributed by atoms with Crippen molar-refractivity contribution >= 4 is 43.4 Å². The van der Waals surface area contributed by atoms with Gasteiger partial charge in [0.2, 0.25) is 10.0 Å². The summed E-state index contributed by atoms with van der Waals surface area (Å²) in [5.74, 6) is 0.923. The van der Waals surface area contributed by atoms with Gasteiger partial charge in [0.15, 0.2) is 0 Å². The van der Waals surface area contributed by atoms with Crippen LogP contribution in [0.25, 0.3) is 0 Å². The zero-order chi connectivity index (χ0) is 13.8. The molecule has 0 amide bonds. The molecule has 0 aliphatic rings. The Morgan fingerprint density at radius 3 is 2.72 bits per heavy atom. The third kappa shape index (κ3) is 4.46. The number of rotatable bonds is 6. The minimum absolute atomic E-state index is 0.0904. The number of benzene rings is 1. The Labute approximate surface area is 121 Å². The van der Waals surface area contributed by atoms with Crippen LogP contribution in [0.5, 0.6) is 0 Å². The molecule has 0 saturated carbocycles. The fraction of sp³-hybridized carbons (Fsp3) is 0.455. The van der Waals surface area contributed by atoms with E-state index in [-0.39, 0.29) is 10.9 Å². The highest BCUT2D eigenvalue weighted by molar-refractivity contribution is 9.10. The standard InChI is InChI=1S/C11H17BrN2O2S2/c1-8(5-6-17-2)14-18(15,16)9-3-4-10(12)11(13)7-9/h3-4,7-8,14H,5-6,13H2,1-2H3. The van der Waals surface area contributed by atoms with Gasteiger partial charge in [0.1, 0.15) is 0 Å². The summed E-state index contributed by atoms with van der Waals surface area (Å²) in [6.07, 6.45) is 2.79. The fourth-order valence-corrected chi connectivity index (χ4v) is 3.52. The SMILES string of the molecule is CSCCC(C)NS(=O)(=O)c1ccc(Br)c(N)c1. The molecule has 0 heterocycles. The van der Waals surface area contributed by atoms with Gasteiger partial charge >= 0.3 is 0 Å². The van der Waals surface area contributed by atoms with Crippen LogP contribution in [0, 0.1) is 0 Å². The minimum atomic E-state index is -3.49. The molecular formula is C11H17BrN2O2S2. The first-order valence-corrected chi connectivity index (χ1v) is 9.10. The second-order valence-corrected chi connectivity index (χ2v) is 7.54. The molecule has 1 aromatic carbocycles. The highest BCUT2D eigenvalue weighted by Gasteiger charge is 2.17. The topological polar surface area (TPSA) is 72.2 Å². The largest absolute Gasteiger partial charge is 0.398 e. The van der Waals surface area contributed by atoms with E-state index in [0.717, 1.165) is 12.2 Å². The summed E-state index contributed by atoms with van der Waals surface area (Å²) in [7, 11) is -3.49. The molecule has 0 saturated heterocycles. The average molecular weight is 353 g/mol. The van der Waals surface area contributed by atoms with Crippen LogP contribution in [0.3, 0.4) is 0 Å². The molecule has 0 aliphatic heterocycles. The Balaban J connectivity index is 2.83. The van der Waals surface area contributed by atoms with Gasteiger partial charge < -0.3 is 5.73 Å². The number of halogens is 1. The molecule has 0 radical (unpaired) electrons. The maximum Gasteiger partial charge on any atom is 0.240 e. The summed E-state index contributed by atoms with van der Waals surface area (Å²) >= 11 is 4.93. The highest BCUT2D eigenvalue weighted by Crippen LogP contribution is 2.22. The molecule has 1 unspecified atom stereocenters. The normalized spacial score (nSPS) is 13.5. The van der Waals surface area contributed by atoms with Gasteiger partial charge in [0.25, 0.3) is 0 Å². The predicted molar refractivity (Wildman–Crippen MR) is 81.3 cm³/mol. The van der Waals surface area contributed by atoms with E-state index in [9.17, 15) is 8.42 Å². The van der Waals surface area contributed by atoms with Crippen molar-refractivity contribution in [3.05, 3.63) is 22.7 Å². The lowest BCUT2D eigenvalue weighted by Crippen LogP contribution is -2.33. The van der Waals surface area contributed by atoms with Gasteiger partial charge in [-0.3, -0.25) is 0 Å². The summed E-state index contributed by atoms with van der Waals surface area (Å²) in [5, 5.41) is 0. The molecule has 7 heteroatoms. The van der Waals surface area contributed by atoms with Gasteiger partial charge in [-0.1, -0.05) is 0 Å². The van der Waals surface area contributed by atoms with Gasteiger partial charge in [-0.15, -0.1) is 0 Å². The number of nitrogen functional groups attached to an aromatic ring is 1. The van der Waals surface area contributed by atoms with Crippen molar-refractivity contribution in [2.75, 3.05) is 17.7 Å². The molecule has 3 N–H and O–H groups in total. The quantitative estimate of drug-likeness (QED) is 0.771. The number of sulfonamides is 1. The number of thioether (sulfide) groups is 1. The van der Waals surface area contributed by atoms with Crippen molar-refractivity contribution in [2.24, 2.45) is 0 Å². The van der Waals surface area contributed by atoms with Crippen LogP contribution in [-0.4, -0.2) is 26.5 Å². The lowest BCUT2D eigenvalue weighted by molar-refractivity contribution is 0.557. The summed E-state index contributed by atoms with van der Waals surface area (Å²) in [5.41, 5.74) is 6.10. The Morgan fingerprint density at radius 1 is 1.50 bits per heavy atom. The molecular weight excluding hydrogens is 336 g/mol. The zero-order valence-corrected chi connectivity index (χ0v) is 13.5. The molecule has 0 spiro atoms. The molecule has 0 fully saturated rings. The summed E-state index contributed by atoms with van der Waals surface area (Å²) in [4.78, 5) is 0.194. The molecule has 18 heavy (non-hydrogen) atoms. The van der Waals surface area contributed by atoms with E-state index in [0.29, 0.717) is 10.2 Å². The van der Waals surface area contributed by atoms with E-state index in [4.69, 9.17) is 5.73 Å². The fourth-order valence-electron chi connectivity index (χ4n) is 1.38. The number of nitrogens with two attached hydrogens (primary N) is 1. The third-order valence-corrected chi connectivity index (χ3v) is 5.34. The van der Waals surface area contributed by atoms with Crippen molar-refractivity contribution in [1.29, 1.82) is 0 Å². The van der Waals surface area contributed by atoms with Crippen LogP contribution >= 0.6 is 27.7 Å². The lowest BCUT2D eigenvalue weighted by atomic mass is 10.3. The minimum Gasteiger partial charge on any atom is -0.398 e. The van der Waals surface area contributed by atoms with Gasteiger partial charge in [0, 0.05) is 16.2 Å².